The van der Waals surface area contributed by atoms with Gasteiger partial charge in [-0.2, -0.15) is 0 Å². The molecule has 3 aromatic rings. The first kappa shape index (κ1) is 9.57. The van der Waals surface area contributed by atoms with E-state index in [9.17, 15) is 5.11 Å². The number of nitrogens with zero attached hydrogens (tertiary/aromatic N) is 2. The lowest BCUT2D eigenvalue weighted by atomic mass is 10.2. The van der Waals surface area contributed by atoms with E-state index in [0.29, 0.717) is 5.69 Å². The maximum Gasteiger partial charge on any atom is 0.137 e. The normalized spacial score (nSPS) is 13.1. The first-order valence-electron chi connectivity index (χ1n) is 5.00. The van der Waals surface area contributed by atoms with E-state index in [2.05, 4.69) is 4.98 Å². The smallest absolute Gasteiger partial charge is 0.137 e. The summed E-state index contributed by atoms with van der Waals surface area (Å²) in [7, 11) is 0. The Labute approximate surface area is 96.6 Å². The van der Waals surface area contributed by atoms with Crippen molar-refractivity contribution in [3.63, 3.8) is 0 Å². The molecule has 1 unspecified atom stereocenters. The lowest BCUT2D eigenvalue weighted by molar-refractivity contribution is 0.220. The zero-order chi connectivity index (χ0) is 11.0. The van der Waals surface area contributed by atoms with E-state index in [0.717, 1.165) is 10.5 Å². The average molecular weight is 230 g/mol. The van der Waals surface area contributed by atoms with Crippen LogP contribution in [0.15, 0.2) is 48.1 Å². The summed E-state index contributed by atoms with van der Waals surface area (Å²) in [5, 5.41) is 12.1. The number of aromatic nitrogens is 2. The van der Waals surface area contributed by atoms with Crippen molar-refractivity contribution in [1.29, 1.82) is 0 Å². The van der Waals surface area contributed by atoms with E-state index in [1.54, 1.807) is 0 Å². The fourth-order valence-electron chi connectivity index (χ4n) is 1.68. The number of aliphatic hydroxyl groups excluding tert-OH is 1. The van der Waals surface area contributed by atoms with Gasteiger partial charge in [-0.1, -0.05) is 12.1 Å². The van der Waals surface area contributed by atoms with E-state index in [4.69, 9.17) is 0 Å². The highest BCUT2D eigenvalue weighted by atomic mass is 32.1. The van der Waals surface area contributed by atoms with Gasteiger partial charge in [0.25, 0.3) is 0 Å². The maximum atomic E-state index is 10.1. The Bertz CT molecular complexity index is 567. The fraction of sp³-hybridized carbons (Fsp3) is 0.0833. The Balaban J connectivity index is 2.06. The van der Waals surface area contributed by atoms with Gasteiger partial charge in [0.05, 0.1) is 5.69 Å². The molecule has 3 heterocycles. The molecule has 0 aliphatic heterocycles. The largest absolute Gasteiger partial charge is 0.381 e. The molecule has 16 heavy (non-hydrogen) atoms. The van der Waals surface area contributed by atoms with Gasteiger partial charge >= 0.3 is 0 Å². The molecular formula is C12H10N2OS. The standard InChI is InChI=1S/C12H10N2OS/c15-12(10-4-3-7-16-10)9-8-14-6-2-1-5-11(14)13-9/h1-8,12,15H. The van der Waals surface area contributed by atoms with Gasteiger partial charge in [-0.25, -0.2) is 4.98 Å². The van der Waals surface area contributed by atoms with Crippen molar-refractivity contribution < 1.29 is 5.11 Å². The quantitative estimate of drug-likeness (QED) is 0.734. The third-order valence-electron chi connectivity index (χ3n) is 2.48. The number of pyridine rings is 1. The van der Waals surface area contributed by atoms with Gasteiger partial charge < -0.3 is 9.51 Å². The highest BCUT2D eigenvalue weighted by molar-refractivity contribution is 7.10. The van der Waals surface area contributed by atoms with Crippen LogP contribution in [0.25, 0.3) is 5.65 Å². The highest BCUT2D eigenvalue weighted by Crippen LogP contribution is 2.25. The molecule has 0 saturated carbocycles. The Morgan fingerprint density at radius 2 is 2.19 bits per heavy atom. The molecule has 0 fully saturated rings. The SMILES string of the molecule is OC(c1cn2ccccc2n1)c1cccs1. The topological polar surface area (TPSA) is 37.5 Å². The summed E-state index contributed by atoms with van der Waals surface area (Å²) in [5.41, 5.74) is 1.54. The molecule has 0 aliphatic rings. The van der Waals surface area contributed by atoms with Crippen LogP contribution in [-0.4, -0.2) is 14.5 Å². The minimum atomic E-state index is -0.625. The maximum absolute atomic E-state index is 10.1. The molecule has 0 saturated heterocycles. The summed E-state index contributed by atoms with van der Waals surface area (Å²) in [6, 6.07) is 9.64. The molecule has 4 heteroatoms. The van der Waals surface area contributed by atoms with Crippen LogP contribution in [-0.2, 0) is 0 Å². The second-order valence-electron chi connectivity index (χ2n) is 3.55. The molecular weight excluding hydrogens is 220 g/mol. The summed E-state index contributed by atoms with van der Waals surface area (Å²) in [6.45, 7) is 0. The van der Waals surface area contributed by atoms with Crippen LogP contribution in [0.3, 0.4) is 0 Å². The van der Waals surface area contributed by atoms with Crippen LogP contribution < -0.4 is 0 Å². The van der Waals surface area contributed by atoms with E-state index >= 15 is 0 Å². The first-order valence-corrected chi connectivity index (χ1v) is 5.87. The summed E-state index contributed by atoms with van der Waals surface area (Å²) in [6.07, 6.45) is 3.16. The molecule has 0 aliphatic carbocycles. The van der Waals surface area contributed by atoms with E-state index in [-0.39, 0.29) is 0 Å². The number of aliphatic hydroxyl groups is 1. The van der Waals surface area contributed by atoms with Crippen LogP contribution in [0, 0.1) is 0 Å². The lowest BCUT2D eigenvalue weighted by Gasteiger charge is -2.02. The number of hydrogen-bond acceptors (Lipinski definition) is 3. The number of thiophene rings is 1. The van der Waals surface area contributed by atoms with Crippen molar-refractivity contribution in [3.8, 4) is 0 Å². The van der Waals surface area contributed by atoms with Gasteiger partial charge in [-0.15, -0.1) is 11.3 Å². The molecule has 0 spiro atoms. The molecule has 0 aromatic carbocycles. The van der Waals surface area contributed by atoms with Crippen LogP contribution in [0.5, 0.6) is 0 Å². The minimum Gasteiger partial charge on any atom is -0.381 e. The molecule has 80 valence electrons. The zero-order valence-electron chi connectivity index (χ0n) is 8.45. The Hall–Kier alpha value is -1.65. The Morgan fingerprint density at radius 3 is 2.94 bits per heavy atom. The third kappa shape index (κ3) is 1.52. The summed E-state index contributed by atoms with van der Waals surface area (Å²) >= 11 is 1.54. The van der Waals surface area contributed by atoms with Crippen molar-refractivity contribution in [2.24, 2.45) is 0 Å². The molecule has 1 atom stereocenters. The average Bonchev–Trinajstić information content (AvgIpc) is 2.97. The summed E-state index contributed by atoms with van der Waals surface area (Å²) in [5.74, 6) is 0. The van der Waals surface area contributed by atoms with Gasteiger partial charge in [0, 0.05) is 17.3 Å². The number of fused-ring (bicyclic) bond motifs is 1. The zero-order valence-corrected chi connectivity index (χ0v) is 9.26. The van der Waals surface area contributed by atoms with Crippen LogP contribution >= 0.6 is 11.3 Å². The van der Waals surface area contributed by atoms with Crippen molar-refractivity contribution in [3.05, 3.63) is 58.7 Å². The monoisotopic (exact) mass is 230 g/mol. The number of rotatable bonds is 2. The minimum absolute atomic E-state index is 0.625. The van der Waals surface area contributed by atoms with Crippen LogP contribution in [0.1, 0.15) is 16.7 Å². The van der Waals surface area contributed by atoms with Crippen molar-refractivity contribution >= 4 is 17.0 Å². The Morgan fingerprint density at radius 1 is 1.25 bits per heavy atom. The predicted molar refractivity (Wildman–Crippen MR) is 63.6 cm³/mol. The molecule has 3 aromatic heterocycles. The summed E-state index contributed by atoms with van der Waals surface area (Å²) < 4.78 is 1.91. The molecule has 1 N–H and O–H groups in total. The van der Waals surface area contributed by atoms with Crippen molar-refractivity contribution in [2.75, 3.05) is 0 Å². The molecule has 3 nitrogen and oxygen atoms in total. The second-order valence-corrected chi connectivity index (χ2v) is 4.53. The Kier molecular flexibility index (Phi) is 2.23. The number of hydrogen-bond donors (Lipinski definition) is 1. The van der Waals surface area contributed by atoms with Gasteiger partial charge in [0.1, 0.15) is 11.8 Å². The molecule has 0 radical (unpaired) electrons. The van der Waals surface area contributed by atoms with E-state index in [1.807, 2.05) is 52.5 Å². The van der Waals surface area contributed by atoms with Crippen LogP contribution in [0.4, 0.5) is 0 Å². The highest BCUT2D eigenvalue weighted by Gasteiger charge is 2.14. The predicted octanol–water partition coefficient (Wildman–Crippen LogP) is 2.48. The summed E-state index contributed by atoms with van der Waals surface area (Å²) in [4.78, 5) is 5.31. The van der Waals surface area contributed by atoms with Crippen molar-refractivity contribution in [1.82, 2.24) is 9.38 Å². The van der Waals surface area contributed by atoms with E-state index < -0.39 is 6.10 Å². The lowest BCUT2D eigenvalue weighted by Crippen LogP contribution is -1.96. The van der Waals surface area contributed by atoms with Gasteiger partial charge in [0.15, 0.2) is 0 Å². The number of imidazole rings is 1. The first-order chi connectivity index (χ1) is 7.84. The fourth-order valence-corrected chi connectivity index (χ4v) is 2.40. The molecule has 0 amide bonds. The van der Waals surface area contributed by atoms with E-state index in [1.165, 1.54) is 11.3 Å². The third-order valence-corrected chi connectivity index (χ3v) is 3.40. The van der Waals surface area contributed by atoms with Crippen molar-refractivity contribution in [2.45, 2.75) is 6.10 Å². The van der Waals surface area contributed by atoms with Crippen LogP contribution in [0.2, 0.25) is 0 Å². The van der Waals surface area contributed by atoms with Gasteiger partial charge in [0.2, 0.25) is 0 Å². The van der Waals surface area contributed by atoms with Gasteiger partial charge in [-0.05, 0) is 23.6 Å². The second kappa shape index (κ2) is 3.73. The molecule has 3 rings (SSSR count). The van der Waals surface area contributed by atoms with Gasteiger partial charge in [-0.3, -0.25) is 0 Å². The molecule has 0 bridgehead atoms.